The van der Waals surface area contributed by atoms with Gasteiger partial charge in [-0.25, -0.2) is 0 Å². The predicted octanol–water partition coefficient (Wildman–Crippen LogP) is 3.38. The van der Waals surface area contributed by atoms with E-state index in [9.17, 15) is 19.7 Å². The maximum Gasteiger partial charge on any atom is 0.270 e. The summed E-state index contributed by atoms with van der Waals surface area (Å²) in [7, 11) is 0. The minimum atomic E-state index is -0.571. The van der Waals surface area contributed by atoms with Crippen LogP contribution in [0.2, 0.25) is 0 Å². The predicted molar refractivity (Wildman–Crippen MR) is 109 cm³/mol. The van der Waals surface area contributed by atoms with Gasteiger partial charge in [0.2, 0.25) is 5.91 Å². The Balaban J connectivity index is 1.66. The number of anilines is 2. The van der Waals surface area contributed by atoms with Gasteiger partial charge in [0, 0.05) is 35.0 Å². The van der Waals surface area contributed by atoms with Crippen molar-refractivity contribution in [2.24, 2.45) is 5.92 Å². The molecule has 0 unspecified atom stereocenters. The number of non-ortho nitro benzene ring substituents is 1. The minimum Gasteiger partial charge on any atom is -0.332 e. The second-order valence-electron chi connectivity index (χ2n) is 6.46. The molecule has 0 atom stereocenters. The first-order chi connectivity index (χ1) is 13.3. The lowest BCUT2D eigenvalue weighted by molar-refractivity contribution is -0.384. The van der Waals surface area contributed by atoms with Gasteiger partial charge in [-0.15, -0.1) is 0 Å². The van der Waals surface area contributed by atoms with Crippen molar-refractivity contribution in [2.75, 3.05) is 10.6 Å². The van der Waals surface area contributed by atoms with Gasteiger partial charge < -0.3 is 10.6 Å². The SMILES string of the molecule is Cc1c(NC(=O)C2CC2)cccc1NC(=S)NC(=O)c1cccc([N+](=O)[O-])c1. The number of carbonyl (C=O) groups is 2. The fourth-order valence-electron chi connectivity index (χ4n) is 2.58. The molecule has 28 heavy (non-hydrogen) atoms. The molecule has 2 aromatic carbocycles. The number of hydrogen-bond acceptors (Lipinski definition) is 5. The molecule has 0 radical (unpaired) electrons. The summed E-state index contributed by atoms with van der Waals surface area (Å²) in [5, 5.41) is 19.2. The molecule has 1 aliphatic rings. The number of hydrogen-bond donors (Lipinski definition) is 3. The van der Waals surface area contributed by atoms with Crippen molar-refractivity contribution in [2.45, 2.75) is 19.8 Å². The van der Waals surface area contributed by atoms with E-state index < -0.39 is 10.8 Å². The fourth-order valence-corrected chi connectivity index (χ4v) is 2.78. The first-order valence-corrected chi connectivity index (χ1v) is 9.03. The van der Waals surface area contributed by atoms with Crippen molar-refractivity contribution < 1.29 is 14.5 Å². The van der Waals surface area contributed by atoms with E-state index in [0.29, 0.717) is 11.4 Å². The summed E-state index contributed by atoms with van der Waals surface area (Å²) in [6, 6.07) is 10.7. The van der Waals surface area contributed by atoms with E-state index in [1.165, 1.54) is 24.3 Å². The van der Waals surface area contributed by atoms with E-state index in [1.54, 1.807) is 18.2 Å². The van der Waals surface area contributed by atoms with Crippen LogP contribution in [0, 0.1) is 23.0 Å². The van der Waals surface area contributed by atoms with Crippen LogP contribution in [0.3, 0.4) is 0 Å². The van der Waals surface area contributed by atoms with Crippen molar-refractivity contribution in [3.05, 3.63) is 63.7 Å². The van der Waals surface area contributed by atoms with Crippen LogP contribution in [0.5, 0.6) is 0 Å². The average molecular weight is 398 g/mol. The maximum absolute atomic E-state index is 12.3. The van der Waals surface area contributed by atoms with Gasteiger partial charge in [0.05, 0.1) is 4.92 Å². The quantitative estimate of drug-likeness (QED) is 0.404. The van der Waals surface area contributed by atoms with Gasteiger partial charge in [-0.1, -0.05) is 12.1 Å². The average Bonchev–Trinajstić information content (AvgIpc) is 3.50. The highest BCUT2D eigenvalue weighted by Gasteiger charge is 2.29. The van der Waals surface area contributed by atoms with Gasteiger partial charge in [-0.2, -0.15) is 0 Å². The minimum absolute atomic E-state index is 0.00167. The molecule has 0 aliphatic heterocycles. The van der Waals surface area contributed by atoms with Crippen LogP contribution in [-0.2, 0) is 4.79 Å². The van der Waals surface area contributed by atoms with E-state index in [1.807, 2.05) is 6.92 Å². The zero-order valence-corrected chi connectivity index (χ0v) is 15.8. The Kier molecular flexibility index (Phi) is 5.65. The molecule has 8 nitrogen and oxygen atoms in total. The lowest BCUT2D eigenvalue weighted by Gasteiger charge is -2.15. The Bertz CT molecular complexity index is 972. The molecule has 2 amide bonds. The molecule has 1 aliphatic carbocycles. The number of nitrogens with zero attached hydrogens (tertiary/aromatic N) is 1. The molecule has 2 aromatic rings. The van der Waals surface area contributed by atoms with Crippen LogP contribution in [0.1, 0.15) is 28.8 Å². The Hall–Kier alpha value is -3.33. The second-order valence-corrected chi connectivity index (χ2v) is 6.87. The number of nitro groups is 1. The van der Waals surface area contributed by atoms with E-state index in [4.69, 9.17) is 12.2 Å². The number of carbonyl (C=O) groups excluding carboxylic acids is 2. The van der Waals surface area contributed by atoms with Gasteiger partial charge in [-0.3, -0.25) is 25.0 Å². The highest BCUT2D eigenvalue weighted by molar-refractivity contribution is 7.80. The molecule has 3 N–H and O–H groups in total. The zero-order chi connectivity index (χ0) is 20.3. The van der Waals surface area contributed by atoms with Gasteiger partial charge in [0.1, 0.15) is 0 Å². The maximum atomic E-state index is 12.3. The van der Waals surface area contributed by atoms with E-state index >= 15 is 0 Å². The Morgan fingerprint density at radius 1 is 1.11 bits per heavy atom. The highest BCUT2D eigenvalue weighted by Crippen LogP contribution is 2.31. The lowest BCUT2D eigenvalue weighted by atomic mass is 10.1. The molecular weight excluding hydrogens is 380 g/mol. The number of amides is 2. The zero-order valence-electron chi connectivity index (χ0n) is 15.0. The summed E-state index contributed by atoms with van der Waals surface area (Å²) >= 11 is 5.17. The first-order valence-electron chi connectivity index (χ1n) is 8.62. The van der Waals surface area contributed by atoms with Crippen molar-refractivity contribution in [3.63, 3.8) is 0 Å². The molecule has 1 saturated carbocycles. The molecule has 0 spiro atoms. The van der Waals surface area contributed by atoms with Crippen molar-refractivity contribution in [1.29, 1.82) is 0 Å². The topological polar surface area (TPSA) is 113 Å². The molecule has 9 heteroatoms. The Morgan fingerprint density at radius 2 is 1.75 bits per heavy atom. The number of nitro benzene ring substituents is 1. The fraction of sp³-hybridized carbons (Fsp3) is 0.211. The highest BCUT2D eigenvalue weighted by atomic mass is 32.1. The first kappa shape index (κ1) is 19.4. The summed E-state index contributed by atoms with van der Waals surface area (Å²) in [6.07, 6.45) is 1.83. The van der Waals surface area contributed by atoms with Crippen molar-refractivity contribution >= 4 is 46.2 Å². The molecular formula is C19H18N4O4S. The molecule has 1 fully saturated rings. The molecule has 0 bridgehead atoms. The standard InChI is InChI=1S/C19H18N4O4S/c1-11-15(20-17(24)12-8-9-12)6-3-7-16(11)21-19(28)22-18(25)13-4-2-5-14(10-13)23(26)27/h2-7,10,12H,8-9H2,1H3,(H,20,24)(H2,21,22,25,28). The van der Waals surface area contributed by atoms with Crippen LogP contribution in [0.25, 0.3) is 0 Å². The molecule has 144 valence electrons. The van der Waals surface area contributed by atoms with E-state index in [-0.39, 0.29) is 28.2 Å². The number of thiocarbonyl (C=S) groups is 1. The molecule has 0 aromatic heterocycles. The molecule has 0 saturated heterocycles. The largest absolute Gasteiger partial charge is 0.332 e. The van der Waals surface area contributed by atoms with Gasteiger partial charge in [0.15, 0.2) is 5.11 Å². The summed E-state index contributed by atoms with van der Waals surface area (Å²) in [5.41, 5.74) is 2.04. The normalized spacial score (nSPS) is 12.8. The van der Waals surface area contributed by atoms with Crippen LogP contribution >= 0.6 is 12.2 Å². The van der Waals surface area contributed by atoms with Gasteiger partial charge in [-0.05, 0) is 55.7 Å². The Labute approximate surface area is 166 Å². The lowest BCUT2D eigenvalue weighted by Crippen LogP contribution is -2.34. The molecule has 3 rings (SSSR count). The summed E-state index contributed by atoms with van der Waals surface area (Å²) < 4.78 is 0. The summed E-state index contributed by atoms with van der Waals surface area (Å²) in [4.78, 5) is 34.5. The monoisotopic (exact) mass is 398 g/mol. The summed E-state index contributed by atoms with van der Waals surface area (Å²) in [6.45, 7) is 1.83. The van der Waals surface area contributed by atoms with E-state index in [0.717, 1.165) is 18.4 Å². The van der Waals surface area contributed by atoms with E-state index in [2.05, 4.69) is 16.0 Å². The number of nitrogens with one attached hydrogen (secondary N) is 3. The number of rotatable bonds is 5. The third-order valence-corrected chi connectivity index (χ3v) is 4.54. The second kappa shape index (κ2) is 8.13. The number of benzene rings is 2. The van der Waals surface area contributed by atoms with Crippen LogP contribution in [0.4, 0.5) is 17.1 Å². The third-order valence-electron chi connectivity index (χ3n) is 4.33. The third kappa shape index (κ3) is 4.68. The summed E-state index contributed by atoms with van der Waals surface area (Å²) in [5.74, 6) is -0.467. The van der Waals surface area contributed by atoms with Crippen LogP contribution in [0.15, 0.2) is 42.5 Å². The Morgan fingerprint density at radius 3 is 2.39 bits per heavy atom. The van der Waals surface area contributed by atoms with Gasteiger partial charge >= 0.3 is 0 Å². The van der Waals surface area contributed by atoms with Crippen LogP contribution < -0.4 is 16.0 Å². The van der Waals surface area contributed by atoms with Crippen LogP contribution in [-0.4, -0.2) is 21.9 Å². The van der Waals surface area contributed by atoms with Gasteiger partial charge in [0.25, 0.3) is 11.6 Å². The van der Waals surface area contributed by atoms with Crippen molar-refractivity contribution in [3.8, 4) is 0 Å². The molecule has 0 heterocycles. The smallest absolute Gasteiger partial charge is 0.270 e. The van der Waals surface area contributed by atoms with Crippen molar-refractivity contribution in [1.82, 2.24) is 5.32 Å².